The summed E-state index contributed by atoms with van der Waals surface area (Å²) in [5.74, 6) is -0.966. The van der Waals surface area contributed by atoms with Gasteiger partial charge < -0.3 is 4.74 Å². The first-order chi connectivity index (χ1) is 14.5. The minimum atomic E-state index is -1.18. The van der Waals surface area contributed by atoms with E-state index in [1.54, 1.807) is 31.2 Å². The van der Waals surface area contributed by atoms with E-state index in [0.29, 0.717) is 22.1 Å². The zero-order valence-corrected chi connectivity index (χ0v) is 17.1. The van der Waals surface area contributed by atoms with Crippen LogP contribution in [0.3, 0.4) is 0 Å². The van der Waals surface area contributed by atoms with Crippen molar-refractivity contribution in [3.05, 3.63) is 59.7 Å². The van der Waals surface area contributed by atoms with Crippen molar-refractivity contribution in [3.63, 3.8) is 0 Å². The van der Waals surface area contributed by atoms with Crippen LogP contribution in [0.15, 0.2) is 47.6 Å². The highest BCUT2D eigenvalue weighted by atomic mass is 32.2. The fourth-order valence-corrected chi connectivity index (χ4v) is 3.75. The third-order valence-electron chi connectivity index (χ3n) is 4.58. The molecule has 2 heterocycles. The second kappa shape index (κ2) is 8.35. The number of hydrogen-bond donors (Lipinski definition) is 0. The summed E-state index contributed by atoms with van der Waals surface area (Å²) in [5, 5.41) is 8.81. The topological polar surface area (TPSA) is 68.2 Å². The molecule has 6 nitrogen and oxygen atoms in total. The molecule has 0 spiro atoms. The second-order valence-corrected chi connectivity index (χ2v) is 7.68. The van der Waals surface area contributed by atoms with Crippen LogP contribution < -0.4 is 9.64 Å². The molecule has 0 aliphatic carbocycles. The van der Waals surface area contributed by atoms with Gasteiger partial charge in [-0.25, -0.2) is 8.78 Å². The average molecular weight is 428 g/mol. The zero-order valence-electron chi connectivity index (χ0n) is 16.3. The van der Waals surface area contributed by atoms with Gasteiger partial charge in [0, 0.05) is 23.6 Å². The lowest BCUT2D eigenvalue weighted by molar-refractivity contribution is -0.120. The zero-order chi connectivity index (χ0) is 21.3. The Labute approximate surface area is 176 Å². The van der Waals surface area contributed by atoms with E-state index in [2.05, 4.69) is 15.2 Å². The fourth-order valence-electron chi connectivity index (χ4n) is 3.25. The van der Waals surface area contributed by atoms with E-state index in [0.717, 1.165) is 17.9 Å². The molecule has 0 saturated carbocycles. The van der Waals surface area contributed by atoms with Crippen LogP contribution in [-0.4, -0.2) is 26.8 Å². The van der Waals surface area contributed by atoms with Crippen molar-refractivity contribution in [3.8, 4) is 17.1 Å². The van der Waals surface area contributed by atoms with Crippen molar-refractivity contribution in [2.75, 3.05) is 10.7 Å². The van der Waals surface area contributed by atoms with Gasteiger partial charge in [-0.05, 0) is 24.0 Å². The van der Waals surface area contributed by atoms with Gasteiger partial charge in [0.15, 0.2) is 5.69 Å². The van der Waals surface area contributed by atoms with Crippen molar-refractivity contribution in [2.24, 2.45) is 0 Å². The Hall–Kier alpha value is -3.07. The van der Waals surface area contributed by atoms with Gasteiger partial charge in [0.05, 0.1) is 5.69 Å². The lowest BCUT2D eigenvalue weighted by Crippen LogP contribution is -2.37. The van der Waals surface area contributed by atoms with E-state index in [9.17, 15) is 13.6 Å². The number of anilines is 1. The smallest absolute Gasteiger partial charge is 0.247 e. The third kappa shape index (κ3) is 3.60. The molecule has 30 heavy (non-hydrogen) atoms. The van der Waals surface area contributed by atoms with Gasteiger partial charge >= 0.3 is 0 Å². The quantitative estimate of drug-likeness (QED) is 0.558. The number of benzene rings is 2. The van der Waals surface area contributed by atoms with Crippen LogP contribution in [0, 0.1) is 11.6 Å². The maximum atomic E-state index is 14.7. The summed E-state index contributed by atoms with van der Waals surface area (Å²) in [7, 11) is 0. The molecule has 2 aromatic carbocycles. The Balaban J connectivity index is 1.97. The molecule has 0 N–H and O–H groups in total. The van der Waals surface area contributed by atoms with Gasteiger partial charge in [-0.15, -0.1) is 10.2 Å². The highest BCUT2D eigenvalue weighted by molar-refractivity contribution is 7.99. The molecule has 0 fully saturated rings. The molecular formula is C21H18F2N4O2S. The number of thioether (sulfide) groups is 1. The first kappa shape index (κ1) is 20.2. The first-order valence-corrected chi connectivity index (χ1v) is 10.4. The average Bonchev–Trinajstić information content (AvgIpc) is 2.88. The minimum absolute atomic E-state index is 0.0177. The number of ether oxygens (including phenoxy) is 1. The summed E-state index contributed by atoms with van der Waals surface area (Å²) in [5.41, 5.74) is 1.45. The molecule has 1 atom stereocenters. The molecule has 9 heteroatoms. The maximum absolute atomic E-state index is 14.7. The molecule has 1 aliphatic heterocycles. The van der Waals surface area contributed by atoms with Gasteiger partial charge in [-0.2, -0.15) is 4.98 Å². The van der Waals surface area contributed by atoms with Crippen molar-refractivity contribution in [1.29, 1.82) is 0 Å². The standard InChI is InChI=1S/C21H18F2N4O2S/c1-3-17(28)27-16-8-6-5-7-14(16)18-19(24-21(26-25-18)30-4-2)29-20(27)13-10-9-12(22)11-15(13)23/h5-11,20H,3-4H2,1-2H3. The number of rotatable bonds is 4. The molecule has 0 saturated heterocycles. The van der Waals surface area contributed by atoms with E-state index in [1.807, 2.05) is 6.92 Å². The molecule has 0 radical (unpaired) electrons. The van der Waals surface area contributed by atoms with Crippen LogP contribution in [0.4, 0.5) is 14.5 Å². The van der Waals surface area contributed by atoms with Crippen molar-refractivity contribution >= 4 is 23.4 Å². The van der Waals surface area contributed by atoms with Gasteiger partial charge in [-0.1, -0.05) is 43.8 Å². The van der Waals surface area contributed by atoms with Crippen LogP contribution in [0.1, 0.15) is 32.1 Å². The number of amides is 1. The molecule has 0 bridgehead atoms. The lowest BCUT2D eigenvalue weighted by atomic mass is 10.1. The predicted octanol–water partition coefficient (Wildman–Crippen LogP) is 4.76. The Bertz CT molecular complexity index is 1110. The normalized spacial score (nSPS) is 15.1. The molecule has 1 unspecified atom stereocenters. The highest BCUT2D eigenvalue weighted by Crippen LogP contribution is 2.43. The van der Waals surface area contributed by atoms with Crippen LogP contribution >= 0.6 is 11.8 Å². The molecule has 1 aliphatic rings. The largest absolute Gasteiger partial charge is 0.447 e. The summed E-state index contributed by atoms with van der Waals surface area (Å²) in [6.45, 7) is 3.66. The van der Waals surface area contributed by atoms with Gasteiger partial charge in [-0.3, -0.25) is 9.69 Å². The van der Waals surface area contributed by atoms with Gasteiger partial charge in [0.2, 0.25) is 23.2 Å². The minimum Gasteiger partial charge on any atom is -0.447 e. The molecular weight excluding hydrogens is 410 g/mol. The number of fused-ring (bicyclic) bond motifs is 3. The van der Waals surface area contributed by atoms with Crippen LogP contribution in [0.2, 0.25) is 0 Å². The van der Waals surface area contributed by atoms with Crippen molar-refractivity contribution in [2.45, 2.75) is 31.7 Å². The summed E-state index contributed by atoms with van der Waals surface area (Å²) >= 11 is 1.38. The van der Waals surface area contributed by atoms with Crippen LogP contribution in [0.5, 0.6) is 5.88 Å². The number of aromatic nitrogens is 3. The van der Waals surface area contributed by atoms with E-state index >= 15 is 0 Å². The Morgan fingerprint density at radius 3 is 2.70 bits per heavy atom. The Morgan fingerprint density at radius 1 is 1.17 bits per heavy atom. The molecule has 4 rings (SSSR count). The highest BCUT2D eigenvalue weighted by Gasteiger charge is 2.36. The molecule has 1 aromatic heterocycles. The number of nitrogens with zero attached hydrogens (tertiary/aromatic N) is 4. The number of hydrogen-bond acceptors (Lipinski definition) is 6. The summed E-state index contributed by atoms with van der Waals surface area (Å²) in [4.78, 5) is 18.8. The van der Waals surface area contributed by atoms with Crippen LogP contribution in [0.25, 0.3) is 11.3 Å². The summed E-state index contributed by atoms with van der Waals surface area (Å²) in [6.07, 6.45) is -1.03. The number of carbonyl (C=O) groups is 1. The fraction of sp³-hybridized carbons (Fsp3) is 0.238. The Kier molecular flexibility index (Phi) is 5.63. The van der Waals surface area contributed by atoms with Crippen molar-refractivity contribution < 1.29 is 18.3 Å². The SMILES string of the molecule is CCSc1nnc2c(n1)OC(c1ccc(F)cc1F)N(C(=O)CC)c1ccccc1-2. The predicted molar refractivity (Wildman–Crippen MR) is 109 cm³/mol. The molecule has 1 amide bonds. The molecule has 3 aromatic rings. The number of carbonyl (C=O) groups excluding carboxylic acids is 1. The third-order valence-corrected chi connectivity index (χ3v) is 5.30. The van der Waals surface area contributed by atoms with Crippen LogP contribution in [-0.2, 0) is 4.79 Å². The first-order valence-electron chi connectivity index (χ1n) is 9.44. The summed E-state index contributed by atoms with van der Waals surface area (Å²) in [6, 6.07) is 10.2. The van der Waals surface area contributed by atoms with Crippen molar-refractivity contribution in [1.82, 2.24) is 15.2 Å². The lowest BCUT2D eigenvalue weighted by Gasteiger charge is -2.30. The summed E-state index contributed by atoms with van der Waals surface area (Å²) < 4.78 is 34.4. The second-order valence-electron chi connectivity index (χ2n) is 6.45. The number of para-hydroxylation sites is 1. The van der Waals surface area contributed by atoms with E-state index in [-0.39, 0.29) is 23.8 Å². The van der Waals surface area contributed by atoms with Gasteiger partial charge in [0.1, 0.15) is 11.6 Å². The van der Waals surface area contributed by atoms with E-state index in [4.69, 9.17) is 4.74 Å². The monoisotopic (exact) mass is 428 g/mol. The number of halogens is 2. The Morgan fingerprint density at radius 2 is 1.97 bits per heavy atom. The van der Waals surface area contributed by atoms with E-state index < -0.39 is 17.9 Å². The van der Waals surface area contributed by atoms with Gasteiger partial charge in [0.25, 0.3) is 0 Å². The molecule has 154 valence electrons. The van der Waals surface area contributed by atoms with E-state index in [1.165, 1.54) is 22.7 Å². The maximum Gasteiger partial charge on any atom is 0.247 e.